The summed E-state index contributed by atoms with van der Waals surface area (Å²) in [6, 6.07) is 9.51. The standard InChI is InChI=1S/C17H12F4N4O/c1-10-15(23-24-25(10)14-8-4-12(18)5-9-14)16(26)22-13-6-2-11(3-7-13)17(19,20)21/h2-9H,1H3,(H,22,26). The van der Waals surface area contributed by atoms with Crippen molar-refractivity contribution < 1.29 is 22.4 Å². The van der Waals surface area contributed by atoms with Crippen LogP contribution < -0.4 is 5.32 Å². The fourth-order valence-corrected chi connectivity index (χ4v) is 2.30. The summed E-state index contributed by atoms with van der Waals surface area (Å²) in [4.78, 5) is 12.3. The summed E-state index contributed by atoms with van der Waals surface area (Å²) in [7, 11) is 0. The molecule has 3 aromatic rings. The number of hydrogen-bond acceptors (Lipinski definition) is 3. The van der Waals surface area contributed by atoms with Crippen LogP contribution in [0.4, 0.5) is 23.2 Å². The van der Waals surface area contributed by atoms with Gasteiger partial charge in [0, 0.05) is 5.69 Å². The minimum Gasteiger partial charge on any atom is -0.321 e. The van der Waals surface area contributed by atoms with Crippen LogP contribution in [0.1, 0.15) is 21.7 Å². The first-order valence-electron chi connectivity index (χ1n) is 7.42. The van der Waals surface area contributed by atoms with Crippen molar-refractivity contribution in [3.8, 4) is 5.69 Å². The largest absolute Gasteiger partial charge is 0.416 e. The van der Waals surface area contributed by atoms with E-state index in [9.17, 15) is 22.4 Å². The van der Waals surface area contributed by atoms with E-state index in [1.54, 1.807) is 6.92 Å². The Morgan fingerprint density at radius 3 is 2.23 bits per heavy atom. The Morgan fingerprint density at radius 1 is 1.04 bits per heavy atom. The molecule has 0 fully saturated rings. The fourth-order valence-electron chi connectivity index (χ4n) is 2.30. The van der Waals surface area contributed by atoms with Crippen LogP contribution in [0.2, 0.25) is 0 Å². The zero-order chi connectivity index (χ0) is 18.9. The number of hydrogen-bond donors (Lipinski definition) is 1. The molecular formula is C17H12F4N4O. The van der Waals surface area contributed by atoms with Gasteiger partial charge in [0.2, 0.25) is 0 Å². The molecule has 1 aromatic heterocycles. The number of nitrogens with zero attached hydrogens (tertiary/aromatic N) is 3. The van der Waals surface area contributed by atoms with Crippen molar-refractivity contribution in [1.82, 2.24) is 15.0 Å². The first-order chi connectivity index (χ1) is 12.3. The number of carbonyl (C=O) groups excluding carboxylic acids is 1. The topological polar surface area (TPSA) is 59.8 Å². The molecule has 0 atom stereocenters. The molecule has 0 aliphatic rings. The fraction of sp³-hybridized carbons (Fsp3) is 0.118. The summed E-state index contributed by atoms with van der Waals surface area (Å²) in [5, 5.41) is 10.1. The molecule has 0 unspecified atom stereocenters. The summed E-state index contributed by atoms with van der Waals surface area (Å²) >= 11 is 0. The zero-order valence-electron chi connectivity index (χ0n) is 13.4. The van der Waals surface area contributed by atoms with Crippen LogP contribution in [-0.2, 0) is 6.18 Å². The lowest BCUT2D eigenvalue weighted by atomic mass is 10.2. The molecule has 0 radical (unpaired) electrons. The quantitative estimate of drug-likeness (QED) is 0.715. The molecule has 1 heterocycles. The molecule has 5 nitrogen and oxygen atoms in total. The van der Waals surface area contributed by atoms with E-state index in [0.717, 1.165) is 24.3 Å². The summed E-state index contributed by atoms with van der Waals surface area (Å²) in [5.41, 5.74) is 0.313. The Morgan fingerprint density at radius 2 is 1.65 bits per heavy atom. The van der Waals surface area contributed by atoms with E-state index in [0.29, 0.717) is 11.4 Å². The van der Waals surface area contributed by atoms with Gasteiger partial charge >= 0.3 is 6.18 Å². The van der Waals surface area contributed by atoms with E-state index in [2.05, 4.69) is 15.6 Å². The van der Waals surface area contributed by atoms with Crippen molar-refractivity contribution in [3.63, 3.8) is 0 Å². The maximum Gasteiger partial charge on any atom is 0.416 e. The number of rotatable bonds is 3. The SMILES string of the molecule is Cc1c(C(=O)Nc2ccc(C(F)(F)F)cc2)nnn1-c1ccc(F)cc1. The van der Waals surface area contributed by atoms with E-state index >= 15 is 0 Å². The molecular weight excluding hydrogens is 352 g/mol. The Bertz CT molecular complexity index is 931. The van der Waals surface area contributed by atoms with Crippen LogP contribution in [0.25, 0.3) is 5.69 Å². The number of anilines is 1. The summed E-state index contributed by atoms with van der Waals surface area (Å²) in [6.07, 6.45) is -4.45. The van der Waals surface area contributed by atoms with Gasteiger partial charge in [-0.05, 0) is 55.5 Å². The third-order valence-electron chi connectivity index (χ3n) is 3.65. The Labute approximate surface area is 145 Å². The molecule has 0 saturated carbocycles. The second kappa shape index (κ2) is 6.58. The molecule has 0 aliphatic heterocycles. The third-order valence-corrected chi connectivity index (χ3v) is 3.65. The monoisotopic (exact) mass is 364 g/mol. The summed E-state index contributed by atoms with van der Waals surface area (Å²) in [6.45, 7) is 1.60. The first-order valence-corrected chi connectivity index (χ1v) is 7.42. The van der Waals surface area contributed by atoms with E-state index in [4.69, 9.17) is 0 Å². The van der Waals surface area contributed by atoms with Gasteiger partial charge in [0.1, 0.15) is 5.82 Å². The average Bonchev–Trinajstić information content (AvgIpc) is 2.97. The average molecular weight is 364 g/mol. The number of nitrogens with one attached hydrogen (secondary N) is 1. The molecule has 0 aliphatic carbocycles. The Kier molecular flexibility index (Phi) is 4.45. The van der Waals surface area contributed by atoms with Gasteiger partial charge < -0.3 is 5.32 Å². The third kappa shape index (κ3) is 3.56. The number of amides is 1. The smallest absolute Gasteiger partial charge is 0.321 e. The highest BCUT2D eigenvalue weighted by molar-refractivity contribution is 6.03. The lowest BCUT2D eigenvalue weighted by molar-refractivity contribution is -0.137. The van der Waals surface area contributed by atoms with Gasteiger partial charge in [-0.2, -0.15) is 13.2 Å². The second-order valence-electron chi connectivity index (χ2n) is 5.44. The lowest BCUT2D eigenvalue weighted by Gasteiger charge is -2.08. The van der Waals surface area contributed by atoms with Crippen LogP contribution in [0.15, 0.2) is 48.5 Å². The molecule has 3 rings (SSSR count). The number of halogens is 4. The molecule has 1 amide bonds. The van der Waals surface area contributed by atoms with Crippen molar-refractivity contribution >= 4 is 11.6 Å². The van der Waals surface area contributed by atoms with Crippen molar-refractivity contribution in [2.75, 3.05) is 5.32 Å². The van der Waals surface area contributed by atoms with E-state index in [-0.39, 0.29) is 11.4 Å². The van der Waals surface area contributed by atoms with Gasteiger partial charge in [0.05, 0.1) is 16.9 Å². The zero-order valence-corrected chi connectivity index (χ0v) is 13.4. The van der Waals surface area contributed by atoms with Gasteiger partial charge in [-0.3, -0.25) is 4.79 Å². The molecule has 0 spiro atoms. The van der Waals surface area contributed by atoms with Gasteiger partial charge in [-0.1, -0.05) is 5.21 Å². The van der Waals surface area contributed by atoms with Crippen LogP contribution in [-0.4, -0.2) is 20.9 Å². The molecule has 26 heavy (non-hydrogen) atoms. The van der Waals surface area contributed by atoms with E-state index < -0.39 is 23.5 Å². The highest BCUT2D eigenvalue weighted by Gasteiger charge is 2.30. The van der Waals surface area contributed by atoms with Gasteiger partial charge in [0.15, 0.2) is 5.69 Å². The lowest BCUT2D eigenvalue weighted by Crippen LogP contribution is -2.14. The normalized spacial score (nSPS) is 11.4. The van der Waals surface area contributed by atoms with Crippen LogP contribution in [0, 0.1) is 12.7 Å². The molecule has 0 saturated heterocycles. The Balaban J connectivity index is 1.79. The minimum atomic E-state index is -4.45. The van der Waals surface area contributed by atoms with E-state index in [1.165, 1.54) is 28.9 Å². The maximum atomic E-state index is 13.0. The van der Waals surface area contributed by atoms with Crippen LogP contribution in [0.3, 0.4) is 0 Å². The summed E-state index contributed by atoms with van der Waals surface area (Å²) < 4.78 is 52.0. The number of carbonyl (C=O) groups is 1. The van der Waals surface area contributed by atoms with Crippen molar-refractivity contribution in [1.29, 1.82) is 0 Å². The predicted molar refractivity (Wildman–Crippen MR) is 85.5 cm³/mol. The van der Waals surface area contributed by atoms with Gasteiger partial charge in [-0.15, -0.1) is 5.10 Å². The molecule has 9 heteroatoms. The molecule has 134 valence electrons. The highest BCUT2D eigenvalue weighted by Crippen LogP contribution is 2.29. The first kappa shape index (κ1) is 17.6. The van der Waals surface area contributed by atoms with E-state index in [1.807, 2.05) is 0 Å². The van der Waals surface area contributed by atoms with Crippen molar-refractivity contribution in [2.45, 2.75) is 13.1 Å². The van der Waals surface area contributed by atoms with Crippen molar-refractivity contribution in [3.05, 3.63) is 71.3 Å². The number of aromatic nitrogens is 3. The molecule has 0 bridgehead atoms. The maximum absolute atomic E-state index is 13.0. The molecule has 2 aromatic carbocycles. The van der Waals surface area contributed by atoms with Crippen LogP contribution >= 0.6 is 0 Å². The Hall–Kier alpha value is -3.23. The van der Waals surface area contributed by atoms with Crippen LogP contribution in [0.5, 0.6) is 0 Å². The molecule has 1 N–H and O–H groups in total. The number of benzene rings is 2. The highest BCUT2D eigenvalue weighted by atomic mass is 19.4. The van der Waals surface area contributed by atoms with Gasteiger partial charge in [-0.25, -0.2) is 9.07 Å². The van der Waals surface area contributed by atoms with Crippen molar-refractivity contribution in [2.24, 2.45) is 0 Å². The predicted octanol–water partition coefficient (Wildman–Crippen LogP) is 3.99. The number of alkyl halides is 3. The second-order valence-corrected chi connectivity index (χ2v) is 5.44. The van der Waals surface area contributed by atoms with Gasteiger partial charge in [0.25, 0.3) is 5.91 Å². The minimum absolute atomic E-state index is 0.00854. The summed E-state index contributed by atoms with van der Waals surface area (Å²) in [5.74, 6) is -1.03.